The number of benzene rings is 2. The first kappa shape index (κ1) is 14.7. The zero-order chi connectivity index (χ0) is 15.0. The molecule has 0 N–H and O–H groups in total. The zero-order valence-corrected chi connectivity index (χ0v) is 14.6. The lowest BCUT2D eigenvalue weighted by Crippen LogP contribution is -2.46. The predicted molar refractivity (Wildman–Crippen MR) is 96.1 cm³/mol. The van der Waals surface area contributed by atoms with Crippen molar-refractivity contribution in [2.24, 2.45) is 0 Å². The van der Waals surface area contributed by atoms with Crippen molar-refractivity contribution in [2.45, 2.75) is 28.4 Å². The Morgan fingerprint density at radius 3 is 2.09 bits per heavy atom. The average Bonchev–Trinajstić information content (AvgIpc) is 2.82. The molecule has 2 aliphatic heterocycles. The molecule has 2 saturated heterocycles. The molecule has 3 atom stereocenters. The Morgan fingerprint density at radius 2 is 1.64 bits per heavy atom. The van der Waals surface area contributed by atoms with E-state index in [0.29, 0.717) is 21.1 Å². The monoisotopic (exact) mass is 331 g/mol. The minimum absolute atomic E-state index is 0.396. The molecule has 2 unspecified atom stereocenters. The summed E-state index contributed by atoms with van der Waals surface area (Å²) < 4.78 is 8.65. The standard InChI is InChI=1S/C18H22NOPS/c1-22(15-8-4-2-5-9-15,16-10-6-3-7-11-16)14-18-17-12-13-19(17)21-20-18/h2-11,17-18,21H,12-14H2,1H3/t17?,18-/m0/s1. The van der Waals surface area contributed by atoms with Gasteiger partial charge >= 0.3 is 0 Å². The predicted octanol–water partition coefficient (Wildman–Crippen LogP) is 4.52. The van der Waals surface area contributed by atoms with Crippen LogP contribution in [0, 0.1) is 0 Å². The third kappa shape index (κ3) is 2.51. The van der Waals surface area contributed by atoms with E-state index < -0.39 is 10.0 Å². The van der Waals surface area contributed by atoms with Gasteiger partial charge in [-0.1, -0.05) is 36.4 Å². The fraction of sp³-hybridized carbons (Fsp3) is 0.333. The second-order valence-electron chi connectivity index (χ2n) is 6.18. The molecule has 4 heteroatoms. The Hall–Kier alpha value is -0.860. The Balaban J connectivity index is 1.69. The van der Waals surface area contributed by atoms with E-state index in [1.807, 2.05) is 0 Å². The number of fused-ring (bicyclic) bond motifs is 1. The maximum Gasteiger partial charge on any atom is 0.0898 e. The molecule has 0 spiro atoms. The summed E-state index contributed by atoms with van der Waals surface area (Å²) in [7, 11) is -0.472. The lowest BCUT2D eigenvalue weighted by atomic mass is 10.0. The van der Waals surface area contributed by atoms with Gasteiger partial charge in [0.1, 0.15) is 0 Å². The smallest absolute Gasteiger partial charge is 0.0898 e. The van der Waals surface area contributed by atoms with Crippen LogP contribution in [-0.2, 0) is 4.52 Å². The molecule has 4 rings (SSSR count). The van der Waals surface area contributed by atoms with Crippen molar-refractivity contribution in [1.82, 2.24) is 4.67 Å². The molecule has 2 fully saturated rings. The van der Waals surface area contributed by atoms with Crippen molar-refractivity contribution in [3.05, 3.63) is 60.7 Å². The summed E-state index contributed by atoms with van der Waals surface area (Å²) in [6.07, 6.45) is 4.15. The Labute approximate surface area is 136 Å². The van der Waals surface area contributed by atoms with Crippen LogP contribution in [0.4, 0.5) is 0 Å². The highest BCUT2D eigenvalue weighted by atomic mass is 32.3. The third-order valence-electron chi connectivity index (χ3n) is 4.84. The Bertz CT molecular complexity index is 597. The van der Waals surface area contributed by atoms with E-state index >= 15 is 0 Å². The molecular weight excluding hydrogens is 309 g/mol. The molecule has 0 aromatic heterocycles. The van der Waals surface area contributed by atoms with Gasteiger partial charge in [-0.25, -0.2) is 0 Å². The van der Waals surface area contributed by atoms with Gasteiger partial charge in [0.2, 0.25) is 0 Å². The maximum atomic E-state index is 6.15. The molecule has 0 bridgehead atoms. The largest absolute Gasteiger partial charge is 0.341 e. The van der Waals surface area contributed by atoms with Gasteiger partial charge in [-0.3, -0.25) is 4.67 Å². The van der Waals surface area contributed by atoms with Gasteiger partial charge in [0.25, 0.3) is 0 Å². The molecule has 2 aromatic carbocycles. The molecule has 0 radical (unpaired) electrons. The fourth-order valence-corrected chi connectivity index (χ4v) is 7.77. The number of rotatable bonds is 4. The topological polar surface area (TPSA) is 12.5 Å². The Morgan fingerprint density at radius 1 is 1.05 bits per heavy atom. The van der Waals surface area contributed by atoms with Crippen LogP contribution < -0.4 is 0 Å². The van der Waals surface area contributed by atoms with Gasteiger partial charge in [0.05, 0.1) is 15.1 Å². The summed E-state index contributed by atoms with van der Waals surface area (Å²) in [6.45, 7) is 1.22. The van der Waals surface area contributed by atoms with E-state index in [4.69, 9.17) is 4.52 Å². The summed E-state index contributed by atoms with van der Waals surface area (Å²) in [4.78, 5) is 2.93. The molecule has 2 aliphatic rings. The first-order chi connectivity index (χ1) is 10.8. The highest BCUT2D eigenvalue weighted by Gasteiger charge is 2.44. The molecular formula is C18H22NOPS. The van der Waals surface area contributed by atoms with Crippen molar-refractivity contribution >= 4 is 19.0 Å². The van der Waals surface area contributed by atoms with E-state index in [0.717, 1.165) is 5.75 Å². The van der Waals surface area contributed by atoms with Crippen LogP contribution in [0.1, 0.15) is 6.42 Å². The minimum atomic E-state index is -1.05. The molecule has 116 valence electrons. The molecule has 22 heavy (non-hydrogen) atoms. The van der Waals surface area contributed by atoms with Crippen molar-refractivity contribution in [1.29, 1.82) is 0 Å². The molecule has 0 saturated carbocycles. The van der Waals surface area contributed by atoms with Crippen molar-refractivity contribution in [2.75, 3.05) is 18.6 Å². The summed E-state index contributed by atoms with van der Waals surface area (Å²) in [5.74, 6) is 1.13. The first-order valence-electron chi connectivity index (χ1n) is 7.81. The van der Waals surface area contributed by atoms with Crippen molar-refractivity contribution in [3.63, 3.8) is 0 Å². The van der Waals surface area contributed by atoms with E-state index in [2.05, 4.69) is 71.6 Å². The number of hydrogen-bond donors (Lipinski definition) is 0. The normalized spacial score (nSPS) is 26.6. The highest BCUT2D eigenvalue weighted by Crippen LogP contribution is 2.62. The summed E-state index contributed by atoms with van der Waals surface area (Å²) in [5, 5.41) is 0. The van der Waals surface area contributed by atoms with Gasteiger partial charge < -0.3 is 4.52 Å². The van der Waals surface area contributed by atoms with Gasteiger partial charge in [-0.2, -0.15) is 10.0 Å². The molecule has 2 nitrogen and oxygen atoms in total. The van der Waals surface area contributed by atoms with Crippen molar-refractivity contribution < 1.29 is 4.52 Å². The maximum absolute atomic E-state index is 6.15. The fourth-order valence-electron chi connectivity index (χ4n) is 3.36. The van der Waals surface area contributed by atoms with Crippen LogP contribution >= 0.6 is 19.0 Å². The second-order valence-corrected chi connectivity index (χ2v) is 10.6. The van der Waals surface area contributed by atoms with E-state index in [-0.39, 0.29) is 0 Å². The van der Waals surface area contributed by atoms with Crippen LogP contribution in [0.25, 0.3) is 0 Å². The quantitative estimate of drug-likeness (QED) is 0.764. The van der Waals surface area contributed by atoms with E-state index in [9.17, 15) is 0 Å². The van der Waals surface area contributed by atoms with E-state index in [1.54, 1.807) is 0 Å². The van der Waals surface area contributed by atoms with Crippen LogP contribution in [-0.4, -0.2) is 35.4 Å². The first-order valence-corrected chi connectivity index (χ1v) is 10.9. The highest BCUT2D eigenvalue weighted by molar-refractivity contribution is 8.33. The third-order valence-corrected chi connectivity index (χ3v) is 9.66. The second kappa shape index (κ2) is 5.98. The molecule has 0 aliphatic carbocycles. The zero-order valence-electron chi connectivity index (χ0n) is 12.8. The summed E-state index contributed by atoms with van der Waals surface area (Å²) in [6, 6.07) is 22.7. The van der Waals surface area contributed by atoms with Gasteiger partial charge in [0, 0.05) is 18.3 Å². The average molecular weight is 331 g/mol. The number of hydrogen-bond acceptors (Lipinski definition) is 2. The number of nitrogens with zero attached hydrogens (tertiary/aromatic N) is 1. The van der Waals surface area contributed by atoms with Crippen LogP contribution in [0.3, 0.4) is 0 Å². The summed E-state index contributed by atoms with van der Waals surface area (Å²) in [5.41, 5.74) is 0. The lowest BCUT2D eigenvalue weighted by Gasteiger charge is -2.42. The van der Waals surface area contributed by atoms with Gasteiger partial charge in [-0.15, -0.1) is 0 Å². The SMILES string of the molecule is CS(C[C@@H]1OPN2CCC12)(c1ccccc1)c1ccccc1. The Kier molecular flexibility index (Phi) is 4.00. The molecule has 0 amide bonds. The van der Waals surface area contributed by atoms with Crippen LogP contribution in [0.5, 0.6) is 0 Å². The van der Waals surface area contributed by atoms with Crippen LogP contribution in [0.15, 0.2) is 70.5 Å². The summed E-state index contributed by atoms with van der Waals surface area (Å²) >= 11 is 0. The van der Waals surface area contributed by atoms with Gasteiger partial charge in [-0.05, 0) is 46.7 Å². The van der Waals surface area contributed by atoms with Crippen LogP contribution in [0.2, 0.25) is 0 Å². The lowest BCUT2D eigenvalue weighted by molar-refractivity contribution is 0.152. The molecule has 2 aromatic rings. The van der Waals surface area contributed by atoms with Gasteiger partial charge in [0.15, 0.2) is 0 Å². The molecule has 2 heterocycles. The minimum Gasteiger partial charge on any atom is -0.341 e. The van der Waals surface area contributed by atoms with E-state index in [1.165, 1.54) is 22.8 Å². The van der Waals surface area contributed by atoms with Crippen molar-refractivity contribution in [3.8, 4) is 0 Å².